The van der Waals surface area contributed by atoms with E-state index in [0.717, 1.165) is 20.9 Å². The summed E-state index contributed by atoms with van der Waals surface area (Å²) in [7, 11) is 0. The van der Waals surface area contributed by atoms with Crippen molar-refractivity contribution in [3.05, 3.63) is 70.8 Å². The first-order valence-corrected chi connectivity index (χ1v) is 9.50. The van der Waals surface area contributed by atoms with E-state index in [9.17, 15) is 15.3 Å². The molecule has 3 rings (SSSR count). The van der Waals surface area contributed by atoms with Crippen molar-refractivity contribution in [2.24, 2.45) is 0 Å². The van der Waals surface area contributed by atoms with E-state index in [1.54, 1.807) is 11.3 Å². The SMILES string of the molecule is Cc1ccc(-n2c(=C(C#N)C#N)s/c(=C\c3ccc(C)s3)c2=O)c(C)c1. The van der Waals surface area contributed by atoms with Gasteiger partial charge < -0.3 is 0 Å². The zero-order valence-corrected chi connectivity index (χ0v) is 16.2. The van der Waals surface area contributed by atoms with Gasteiger partial charge in [-0.25, -0.2) is 0 Å². The Labute approximate surface area is 158 Å². The van der Waals surface area contributed by atoms with Gasteiger partial charge in [-0.1, -0.05) is 17.7 Å². The van der Waals surface area contributed by atoms with E-state index in [1.165, 1.54) is 15.9 Å². The van der Waals surface area contributed by atoms with Crippen molar-refractivity contribution < 1.29 is 0 Å². The summed E-state index contributed by atoms with van der Waals surface area (Å²) in [6.07, 6.45) is 1.82. The zero-order chi connectivity index (χ0) is 18.8. The molecule has 3 aromatic rings. The lowest BCUT2D eigenvalue weighted by Gasteiger charge is -2.07. The summed E-state index contributed by atoms with van der Waals surface area (Å²) in [6.45, 7) is 5.90. The molecule has 4 nitrogen and oxygen atoms in total. The van der Waals surface area contributed by atoms with Crippen LogP contribution in [0.5, 0.6) is 0 Å². The fourth-order valence-electron chi connectivity index (χ4n) is 2.71. The van der Waals surface area contributed by atoms with E-state index in [4.69, 9.17) is 0 Å². The molecule has 0 unspecified atom stereocenters. The molecule has 1 aromatic carbocycles. The van der Waals surface area contributed by atoms with E-state index in [2.05, 4.69) is 0 Å². The van der Waals surface area contributed by atoms with Gasteiger partial charge in [-0.2, -0.15) is 10.5 Å². The summed E-state index contributed by atoms with van der Waals surface area (Å²) in [4.78, 5) is 15.2. The second kappa shape index (κ2) is 7.13. The third kappa shape index (κ3) is 3.25. The highest BCUT2D eigenvalue weighted by atomic mass is 32.1. The van der Waals surface area contributed by atoms with Crippen LogP contribution in [0.1, 0.15) is 20.9 Å². The first kappa shape index (κ1) is 17.9. The molecule has 2 heterocycles. The molecule has 0 aliphatic rings. The molecule has 0 atom stereocenters. The Bertz CT molecular complexity index is 1240. The van der Waals surface area contributed by atoms with E-state index >= 15 is 0 Å². The van der Waals surface area contributed by atoms with Gasteiger partial charge in [0.05, 0.1) is 10.2 Å². The van der Waals surface area contributed by atoms with Crippen molar-refractivity contribution in [2.45, 2.75) is 20.8 Å². The molecule has 0 saturated carbocycles. The maximum absolute atomic E-state index is 13.1. The second-order valence-electron chi connectivity index (χ2n) is 5.89. The number of hydrogen-bond acceptors (Lipinski definition) is 5. The van der Waals surface area contributed by atoms with Gasteiger partial charge in [-0.3, -0.25) is 9.36 Å². The maximum Gasteiger partial charge on any atom is 0.273 e. The molecular weight excluding hydrogens is 362 g/mol. The molecule has 0 amide bonds. The average Bonchev–Trinajstić information content (AvgIpc) is 3.14. The smallest absolute Gasteiger partial charge is 0.267 e. The van der Waals surface area contributed by atoms with Crippen LogP contribution in [0.15, 0.2) is 35.1 Å². The van der Waals surface area contributed by atoms with Crippen molar-refractivity contribution in [1.29, 1.82) is 10.5 Å². The summed E-state index contributed by atoms with van der Waals surface area (Å²) in [6, 6.07) is 13.5. The molecule has 0 spiro atoms. The predicted octanol–water partition coefficient (Wildman–Crippen LogP) is 2.91. The molecule has 128 valence electrons. The monoisotopic (exact) mass is 377 g/mol. The minimum absolute atomic E-state index is 0.0610. The molecule has 0 aliphatic heterocycles. The first-order valence-electron chi connectivity index (χ1n) is 7.86. The highest BCUT2D eigenvalue weighted by Gasteiger charge is 2.13. The van der Waals surface area contributed by atoms with Crippen LogP contribution in [0.25, 0.3) is 17.3 Å². The number of nitrogens with zero attached hydrogens (tertiary/aromatic N) is 3. The molecule has 2 aromatic heterocycles. The number of benzene rings is 1. The van der Waals surface area contributed by atoms with Crippen LogP contribution >= 0.6 is 22.7 Å². The van der Waals surface area contributed by atoms with Gasteiger partial charge in [-0.05, 0) is 50.6 Å². The predicted molar refractivity (Wildman–Crippen MR) is 106 cm³/mol. The molecule has 0 aliphatic carbocycles. The van der Waals surface area contributed by atoms with E-state index in [1.807, 2.05) is 69.3 Å². The molecule has 0 bridgehead atoms. The van der Waals surface area contributed by atoms with Gasteiger partial charge in [-0.15, -0.1) is 22.7 Å². The minimum atomic E-state index is -0.217. The maximum atomic E-state index is 13.1. The third-order valence-corrected chi connectivity index (χ3v) is 5.93. The van der Waals surface area contributed by atoms with Crippen LogP contribution in [-0.4, -0.2) is 4.57 Å². The van der Waals surface area contributed by atoms with Crippen molar-refractivity contribution in [3.8, 4) is 17.8 Å². The summed E-state index contributed by atoms with van der Waals surface area (Å²) >= 11 is 2.77. The van der Waals surface area contributed by atoms with Crippen molar-refractivity contribution in [3.63, 3.8) is 0 Å². The Morgan fingerprint density at radius 1 is 1.08 bits per heavy atom. The quantitative estimate of drug-likeness (QED) is 0.689. The van der Waals surface area contributed by atoms with E-state index in [0.29, 0.717) is 14.9 Å². The molecule has 26 heavy (non-hydrogen) atoms. The number of thiazole rings is 1. The average molecular weight is 377 g/mol. The van der Waals surface area contributed by atoms with Crippen molar-refractivity contribution in [2.75, 3.05) is 0 Å². The molecular formula is C20H15N3OS2. The normalized spacial score (nSPS) is 11.2. The molecule has 0 saturated heterocycles. The topological polar surface area (TPSA) is 69.6 Å². The number of nitriles is 2. The van der Waals surface area contributed by atoms with Gasteiger partial charge in [0.25, 0.3) is 5.56 Å². The molecule has 0 N–H and O–H groups in total. The Kier molecular flexibility index (Phi) is 4.90. The summed E-state index contributed by atoms with van der Waals surface area (Å²) in [5, 5.41) is 18.7. The number of rotatable bonds is 2. The Morgan fingerprint density at radius 3 is 2.38 bits per heavy atom. The van der Waals surface area contributed by atoms with Crippen LogP contribution in [0.4, 0.5) is 0 Å². The van der Waals surface area contributed by atoms with Crippen molar-refractivity contribution >= 4 is 34.3 Å². The number of hydrogen-bond donors (Lipinski definition) is 0. The highest BCUT2D eigenvalue weighted by Crippen LogP contribution is 2.16. The number of thiophene rings is 1. The van der Waals surface area contributed by atoms with Gasteiger partial charge in [0.1, 0.15) is 16.8 Å². The summed E-state index contributed by atoms with van der Waals surface area (Å²) in [5.41, 5.74) is 2.42. The van der Waals surface area contributed by atoms with Crippen LogP contribution in [0.2, 0.25) is 0 Å². The van der Waals surface area contributed by atoms with Gasteiger partial charge >= 0.3 is 0 Å². The van der Waals surface area contributed by atoms with Crippen LogP contribution in [-0.2, 0) is 0 Å². The zero-order valence-electron chi connectivity index (χ0n) is 14.5. The van der Waals surface area contributed by atoms with Gasteiger partial charge in [0.2, 0.25) is 0 Å². The van der Waals surface area contributed by atoms with Crippen LogP contribution < -0.4 is 14.8 Å². The van der Waals surface area contributed by atoms with Crippen LogP contribution in [0, 0.1) is 43.4 Å². The fraction of sp³-hybridized carbons (Fsp3) is 0.150. The Morgan fingerprint density at radius 2 is 1.81 bits per heavy atom. The molecule has 0 fully saturated rings. The van der Waals surface area contributed by atoms with Crippen molar-refractivity contribution in [1.82, 2.24) is 4.57 Å². The third-order valence-electron chi connectivity index (χ3n) is 3.89. The minimum Gasteiger partial charge on any atom is -0.267 e. The lowest BCUT2D eigenvalue weighted by Crippen LogP contribution is -2.31. The van der Waals surface area contributed by atoms with Gasteiger partial charge in [0, 0.05) is 9.75 Å². The summed E-state index contributed by atoms with van der Waals surface area (Å²) < 4.78 is 2.35. The Balaban J connectivity index is 2.43. The first-order chi connectivity index (χ1) is 12.4. The fourth-order valence-corrected chi connectivity index (χ4v) is 4.64. The standard InChI is InChI=1S/C20H15N3OS2/c1-12-4-7-17(13(2)8-12)23-19(24)18(9-16-6-5-14(3)25-16)26-20(23)15(10-21)11-22/h4-9H,1-3H3/b18-9-. The van der Waals surface area contributed by atoms with Gasteiger partial charge in [0.15, 0.2) is 5.57 Å². The lowest BCUT2D eigenvalue weighted by atomic mass is 10.1. The van der Waals surface area contributed by atoms with E-state index < -0.39 is 0 Å². The Hall–Kier alpha value is -2.93. The lowest BCUT2D eigenvalue weighted by molar-refractivity contribution is 0.973. The van der Waals surface area contributed by atoms with Crippen LogP contribution in [0.3, 0.4) is 0 Å². The molecule has 0 radical (unpaired) electrons. The second-order valence-corrected chi connectivity index (χ2v) is 8.24. The number of aryl methyl sites for hydroxylation is 3. The largest absolute Gasteiger partial charge is 0.273 e. The van der Waals surface area contributed by atoms with E-state index in [-0.39, 0.29) is 11.1 Å². The molecule has 6 heteroatoms. The number of aromatic nitrogens is 1. The highest BCUT2D eigenvalue weighted by molar-refractivity contribution is 7.13. The summed E-state index contributed by atoms with van der Waals surface area (Å²) in [5.74, 6) is 0.